The highest BCUT2D eigenvalue weighted by Crippen LogP contribution is 2.11. The highest BCUT2D eigenvalue weighted by atomic mass is 16.5. The van der Waals surface area contributed by atoms with Crippen LogP contribution in [0.25, 0.3) is 0 Å². The molecule has 0 rings (SSSR count). The molecule has 2 heteroatoms. The maximum Gasteiger partial charge on any atom is 0.109 e. The lowest BCUT2D eigenvalue weighted by Gasteiger charge is -2.22. The number of unbranched alkanes of at least 4 members (excludes halogenated alkanes) is 6. The third kappa shape index (κ3) is 8.88. The second-order valence-electron chi connectivity index (χ2n) is 4.56. The summed E-state index contributed by atoms with van der Waals surface area (Å²) in [6.07, 6.45) is 11.1. The average Bonchev–Trinajstić information content (AvgIpc) is 2.21. The number of nitrogens with zero attached hydrogens (tertiary/aromatic N) is 1. The van der Waals surface area contributed by atoms with Crippen molar-refractivity contribution in [1.29, 1.82) is 0 Å². The zero-order valence-corrected chi connectivity index (χ0v) is 11.1. The average molecular weight is 215 g/mol. The van der Waals surface area contributed by atoms with E-state index in [-0.39, 0.29) is 0 Å². The summed E-state index contributed by atoms with van der Waals surface area (Å²) in [6.45, 7) is 2.26. The van der Waals surface area contributed by atoms with E-state index in [9.17, 15) is 0 Å². The topological polar surface area (TPSA) is 12.5 Å². The monoisotopic (exact) mass is 215 g/mol. The summed E-state index contributed by atoms with van der Waals surface area (Å²) in [5.74, 6) is 0. The van der Waals surface area contributed by atoms with Gasteiger partial charge in [0.05, 0.1) is 0 Å². The smallest absolute Gasteiger partial charge is 0.109 e. The van der Waals surface area contributed by atoms with Gasteiger partial charge in [0.1, 0.15) is 6.23 Å². The Hall–Kier alpha value is -0.0800. The van der Waals surface area contributed by atoms with Gasteiger partial charge in [-0.25, -0.2) is 0 Å². The van der Waals surface area contributed by atoms with Crippen LogP contribution in [0.3, 0.4) is 0 Å². The Balaban J connectivity index is 3.22. The molecule has 0 N–H and O–H groups in total. The summed E-state index contributed by atoms with van der Waals surface area (Å²) in [5, 5.41) is 0. The zero-order chi connectivity index (χ0) is 11.5. The van der Waals surface area contributed by atoms with Crippen molar-refractivity contribution in [2.45, 2.75) is 64.5 Å². The Bertz CT molecular complexity index is 126. The van der Waals surface area contributed by atoms with Gasteiger partial charge in [-0.1, -0.05) is 45.4 Å². The standard InChI is InChI=1S/C13H29NO/c1-5-6-7-8-9-10-11-12-13(15-4)14(2)3/h13H,5-12H2,1-4H3. The van der Waals surface area contributed by atoms with Gasteiger partial charge < -0.3 is 4.74 Å². The van der Waals surface area contributed by atoms with Gasteiger partial charge in [0.15, 0.2) is 0 Å². The van der Waals surface area contributed by atoms with E-state index in [0.29, 0.717) is 6.23 Å². The van der Waals surface area contributed by atoms with Crippen molar-refractivity contribution in [3.8, 4) is 0 Å². The van der Waals surface area contributed by atoms with Crippen molar-refractivity contribution in [2.75, 3.05) is 21.2 Å². The first-order chi connectivity index (χ1) is 7.22. The number of hydrogen-bond acceptors (Lipinski definition) is 2. The van der Waals surface area contributed by atoms with E-state index in [4.69, 9.17) is 4.74 Å². The molecule has 0 bridgehead atoms. The molecule has 2 nitrogen and oxygen atoms in total. The predicted octanol–water partition coefficient (Wildman–Crippen LogP) is 3.66. The normalized spacial score (nSPS) is 13.4. The van der Waals surface area contributed by atoms with Crippen LogP contribution in [-0.2, 0) is 4.74 Å². The van der Waals surface area contributed by atoms with Crippen LogP contribution in [0.1, 0.15) is 58.3 Å². The molecule has 0 aromatic heterocycles. The summed E-state index contributed by atoms with van der Waals surface area (Å²) in [7, 11) is 5.96. The minimum atomic E-state index is 0.306. The molecule has 92 valence electrons. The van der Waals surface area contributed by atoms with Gasteiger partial charge in [-0.15, -0.1) is 0 Å². The maximum atomic E-state index is 5.38. The van der Waals surface area contributed by atoms with Crippen LogP contribution >= 0.6 is 0 Å². The van der Waals surface area contributed by atoms with Crippen molar-refractivity contribution in [3.05, 3.63) is 0 Å². The van der Waals surface area contributed by atoms with Crippen molar-refractivity contribution >= 4 is 0 Å². The van der Waals surface area contributed by atoms with Gasteiger partial charge in [-0.05, 0) is 26.9 Å². The van der Waals surface area contributed by atoms with Crippen LogP contribution in [-0.4, -0.2) is 32.3 Å². The van der Waals surface area contributed by atoms with E-state index in [1.165, 1.54) is 44.9 Å². The van der Waals surface area contributed by atoms with Gasteiger partial charge >= 0.3 is 0 Å². The van der Waals surface area contributed by atoms with Crippen molar-refractivity contribution < 1.29 is 4.74 Å². The highest BCUT2D eigenvalue weighted by Gasteiger charge is 2.08. The first kappa shape index (κ1) is 14.9. The molecule has 0 spiro atoms. The van der Waals surface area contributed by atoms with E-state index in [1.807, 2.05) is 0 Å². The van der Waals surface area contributed by atoms with E-state index in [0.717, 1.165) is 6.42 Å². The Morgan fingerprint density at radius 2 is 1.47 bits per heavy atom. The molecule has 0 aromatic carbocycles. The van der Waals surface area contributed by atoms with Gasteiger partial charge in [0.25, 0.3) is 0 Å². The zero-order valence-electron chi connectivity index (χ0n) is 11.1. The molecule has 0 aliphatic carbocycles. The molecule has 0 radical (unpaired) electrons. The van der Waals surface area contributed by atoms with Crippen LogP contribution in [0.4, 0.5) is 0 Å². The molecule has 1 atom stereocenters. The third-order valence-corrected chi connectivity index (χ3v) is 2.90. The molecule has 0 aliphatic heterocycles. The molecule has 0 saturated heterocycles. The Morgan fingerprint density at radius 1 is 0.933 bits per heavy atom. The lowest BCUT2D eigenvalue weighted by Crippen LogP contribution is -2.29. The molecule has 0 saturated carbocycles. The van der Waals surface area contributed by atoms with Gasteiger partial charge in [-0.3, -0.25) is 4.90 Å². The minimum Gasteiger partial charge on any atom is -0.366 e. The van der Waals surface area contributed by atoms with Crippen LogP contribution in [0, 0.1) is 0 Å². The molecule has 0 aromatic rings. The summed E-state index contributed by atoms with van der Waals surface area (Å²) in [6, 6.07) is 0. The van der Waals surface area contributed by atoms with Crippen molar-refractivity contribution in [1.82, 2.24) is 4.90 Å². The molecular weight excluding hydrogens is 186 g/mol. The Kier molecular flexibility index (Phi) is 10.4. The second kappa shape index (κ2) is 10.4. The Labute approximate surface area is 96.0 Å². The maximum absolute atomic E-state index is 5.38. The second-order valence-corrected chi connectivity index (χ2v) is 4.56. The van der Waals surface area contributed by atoms with Crippen LogP contribution < -0.4 is 0 Å². The first-order valence-corrected chi connectivity index (χ1v) is 6.41. The van der Waals surface area contributed by atoms with E-state index < -0.39 is 0 Å². The predicted molar refractivity (Wildman–Crippen MR) is 67.1 cm³/mol. The molecule has 0 heterocycles. The number of ether oxygens (including phenoxy) is 1. The lowest BCUT2D eigenvalue weighted by molar-refractivity contribution is -0.0108. The van der Waals surface area contributed by atoms with Crippen LogP contribution in [0.5, 0.6) is 0 Å². The molecule has 15 heavy (non-hydrogen) atoms. The fourth-order valence-corrected chi connectivity index (χ4v) is 1.86. The van der Waals surface area contributed by atoms with Crippen molar-refractivity contribution in [2.24, 2.45) is 0 Å². The largest absolute Gasteiger partial charge is 0.366 e. The van der Waals surface area contributed by atoms with Crippen LogP contribution in [0.2, 0.25) is 0 Å². The summed E-state index contributed by atoms with van der Waals surface area (Å²) < 4.78 is 5.38. The molecule has 1 unspecified atom stereocenters. The highest BCUT2D eigenvalue weighted by molar-refractivity contribution is 4.54. The summed E-state index contributed by atoms with van der Waals surface area (Å²) in [5.41, 5.74) is 0. The molecule has 0 aliphatic rings. The Morgan fingerprint density at radius 3 is 1.93 bits per heavy atom. The SMILES string of the molecule is CCCCCCCCCC(OC)N(C)C. The van der Waals surface area contributed by atoms with E-state index in [1.54, 1.807) is 7.11 Å². The number of hydrogen-bond donors (Lipinski definition) is 0. The van der Waals surface area contributed by atoms with Crippen LogP contribution in [0.15, 0.2) is 0 Å². The fourth-order valence-electron chi connectivity index (χ4n) is 1.86. The number of rotatable bonds is 10. The van der Waals surface area contributed by atoms with Crippen molar-refractivity contribution in [3.63, 3.8) is 0 Å². The van der Waals surface area contributed by atoms with Gasteiger partial charge in [0, 0.05) is 7.11 Å². The first-order valence-electron chi connectivity index (χ1n) is 6.41. The quantitative estimate of drug-likeness (QED) is 0.407. The molecule has 0 fully saturated rings. The summed E-state index contributed by atoms with van der Waals surface area (Å²) in [4.78, 5) is 2.15. The minimum absolute atomic E-state index is 0.306. The number of methoxy groups -OCH3 is 1. The van der Waals surface area contributed by atoms with Gasteiger partial charge in [-0.2, -0.15) is 0 Å². The van der Waals surface area contributed by atoms with E-state index >= 15 is 0 Å². The van der Waals surface area contributed by atoms with E-state index in [2.05, 4.69) is 25.9 Å². The fraction of sp³-hybridized carbons (Fsp3) is 1.00. The summed E-state index contributed by atoms with van der Waals surface area (Å²) >= 11 is 0. The molecular formula is C13H29NO. The van der Waals surface area contributed by atoms with Gasteiger partial charge in [0.2, 0.25) is 0 Å². The lowest BCUT2D eigenvalue weighted by atomic mass is 10.1. The molecule has 0 amide bonds. The third-order valence-electron chi connectivity index (χ3n) is 2.90.